The number of nitrogens with zero attached hydrogens (tertiary/aromatic N) is 3. The highest BCUT2D eigenvalue weighted by Crippen LogP contribution is 2.17. The molecule has 2 heterocycles. The molecule has 0 aromatic heterocycles. The quantitative estimate of drug-likeness (QED) is 0.737. The molecule has 7 nitrogen and oxygen atoms in total. The second-order valence-electron chi connectivity index (χ2n) is 7.52. The van der Waals surface area contributed by atoms with Crippen LogP contribution in [-0.2, 0) is 9.53 Å². The minimum Gasteiger partial charge on any atom is -0.443 e. The van der Waals surface area contributed by atoms with Gasteiger partial charge in [0.1, 0.15) is 6.10 Å². The molecule has 1 unspecified atom stereocenters. The minimum absolute atomic E-state index is 0.163. The van der Waals surface area contributed by atoms with Gasteiger partial charge in [-0.3, -0.25) is 9.69 Å². The summed E-state index contributed by atoms with van der Waals surface area (Å²) in [5, 5.41) is 2.77. The fourth-order valence-corrected chi connectivity index (χ4v) is 3.81. The molecule has 1 atom stereocenters. The maximum atomic E-state index is 12.1. The Labute approximate surface area is 167 Å². The van der Waals surface area contributed by atoms with Crippen molar-refractivity contribution in [3.8, 4) is 0 Å². The molecule has 2 amide bonds. The number of amides is 2. The van der Waals surface area contributed by atoms with E-state index >= 15 is 0 Å². The third-order valence-corrected chi connectivity index (χ3v) is 5.34. The van der Waals surface area contributed by atoms with Gasteiger partial charge in [-0.1, -0.05) is 25.1 Å². The summed E-state index contributed by atoms with van der Waals surface area (Å²) in [7, 11) is 0. The fourth-order valence-electron chi connectivity index (χ4n) is 3.81. The van der Waals surface area contributed by atoms with Crippen molar-refractivity contribution in [2.45, 2.75) is 32.3 Å². The van der Waals surface area contributed by atoms with E-state index in [0.717, 1.165) is 45.6 Å². The largest absolute Gasteiger partial charge is 0.443 e. The molecule has 28 heavy (non-hydrogen) atoms. The molecular weight excluding hydrogens is 356 g/mol. The van der Waals surface area contributed by atoms with Crippen molar-refractivity contribution >= 4 is 17.7 Å². The van der Waals surface area contributed by atoms with Crippen molar-refractivity contribution in [2.24, 2.45) is 0 Å². The minimum atomic E-state index is -0.388. The number of carbonyl (C=O) groups is 2. The lowest BCUT2D eigenvalue weighted by molar-refractivity contribution is -0.129. The van der Waals surface area contributed by atoms with Crippen LogP contribution in [0.2, 0.25) is 0 Å². The Kier molecular flexibility index (Phi) is 7.54. The summed E-state index contributed by atoms with van der Waals surface area (Å²) < 4.78 is 5.68. The maximum Gasteiger partial charge on any atom is 0.407 e. The SMILES string of the molecule is CCCNC(=O)OC(CN1CCN(c2ccccc2)CC1)CN1CCCC1=O. The van der Waals surface area contributed by atoms with Gasteiger partial charge in [-0.2, -0.15) is 0 Å². The normalized spacial score (nSPS) is 19.0. The second kappa shape index (κ2) is 10.3. The van der Waals surface area contributed by atoms with E-state index in [9.17, 15) is 9.59 Å². The third-order valence-electron chi connectivity index (χ3n) is 5.34. The van der Waals surface area contributed by atoms with Crippen LogP contribution in [0.25, 0.3) is 0 Å². The van der Waals surface area contributed by atoms with Crippen LogP contribution in [0.4, 0.5) is 10.5 Å². The predicted molar refractivity (Wildman–Crippen MR) is 109 cm³/mol. The number of rotatable bonds is 8. The molecule has 0 spiro atoms. The van der Waals surface area contributed by atoms with E-state index in [2.05, 4.69) is 39.4 Å². The summed E-state index contributed by atoms with van der Waals surface area (Å²) in [5.41, 5.74) is 1.25. The zero-order chi connectivity index (χ0) is 19.8. The molecule has 1 N–H and O–H groups in total. The lowest BCUT2D eigenvalue weighted by Crippen LogP contribution is -2.51. The smallest absolute Gasteiger partial charge is 0.407 e. The molecule has 7 heteroatoms. The van der Waals surface area contributed by atoms with Gasteiger partial charge in [0.2, 0.25) is 5.91 Å². The lowest BCUT2D eigenvalue weighted by atomic mass is 10.2. The number of likely N-dealkylation sites (tertiary alicyclic amines) is 1. The first-order chi connectivity index (χ1) is 13.7. The number of nitrogens with one attached hydrogen (secondary N) is 1. The summed E-state index contributed by atoms with van der Waals surface area (Å²) in [6.07, 6.45) is 1.67. The number of ether oxygens (including phenoxy) is 1. The number of anilines is 1. The Bertz CT molecular complexity index is 632. The number of alkyl carbamates (subject to hydrolysis) is 1. The molecule has 0 saturated carbocycles. The van der Waals surface area contributed by atoms with Gasteiger partial charge < -0.3 is 19.9 Å². The summed E-state index contributed by atoms with van der Waals surface area (Å²) in [4.78, 5) is 30.6. The summed E-state index contributed by atoms with van der Waals surface area (Å²) in [6, 6.07) is 10.4. The second-order valence-corrected chi connectivity index (χ2v) is 7.52. The van der Waals surface area contributed by atoms with E-state index in [4.69, 9.17) is 4.74 Å². The van der Waals surface area contributed by atoms with E-state index in [1.807, 2.05) is 17.9 Å². The van der Waals surface area contributed by atoms with Gasteiger partial charge in [0.25, 0.3) is 0 Å². The molecule has 0 bridgehead atoms. The van der Waals surface area contributed by atoms with Gasteiger partial charge in [-0.15, -0.1) is 0 Å². The van der Waals surface area contributed by atoms with E-state index in [0.29, 0.717) is 26.1 Å². The number of carbonyl (C=O) groups excluding carboxylic acids is 2. The predicted octanol–water partition coefficient (Wildman–Crippen LogP) is 1.94. The van der Waals surface area contributed by atoms with Crippen LogP contribution in [0.5, 0.6) is 0 Å². The van der Waals surface area contributed by atoms with Crippen LogP contribution < -0.4 is 10.2 Å². The Morgan fingerprint density at radius 1 is 1.11 bits per heavy atom. The topological polar surface area (TPSA) is 65.1 Å². The molecule has 2 fully saturated rings. The van der Waals surface area contributed by atoms with Gasteiger partial charge in [-0.05, 0) is 25.0 Å². The van der Waals surface area contributed by atoms with Crippen molar-refractivity contribution < 1.29 is 14.3 Å². The number of benzene rings is 1. The molecule has 1 aromatic rings. The summed E-state index contributed by atoms with van der Waals surface area (Å²) in [6.45, 7) is 8.23. The first kappa shape index (κ1) is 20.5. The van der Waals surface area contributed by atoms with Crippen molar-refractivity contribution in [1.82, 2.24) is 15.1 Å². The number of para-hydroxylation sites is 1. The molecule has 3 rings (SSSR count). The van der Waals surface area contributed by atoms with Crippen molar-refractivity contribution in [1.29, 1.82) is 0 Å². The molecule has 1 aromatic carbocycles. The zero-order valence-corrected chi connectivity index (χ0v) is 16.8. The van der Waals surface area contributed by atoms with E-state index in [-0.39, 0.29) is 18.1 Å². The summed E-state index contributed by atoms with van der Waals surface area (Å²) >= 11 is 0. The average Bonchev–Trinajstić information content (AvgIpc) is 3.12. The van der Waals surface area contributed by atoms with Crippen LogP contribution >= 0.6 is 0 Å². The average molecular weight is 389 g/mol. The van der Waals surface area contributed by atoms with Crippen LogP contribution in [-0.4, -0.2) is 80.3 Å². The van der Waals surface area contributed by atoms with Gasteiger partial charge in [0.15, 0.2) is 0 Å². The first-order valence-corrected chi connectivity index (χ1v) is 10.4. The Balaban J connectivity index is 1.53. The van der Waals surface area contributed by atoms with Crippen LogP contribution in [0.3, 0.4) is 0 Å². The number of hydrogen-bond donors (Lipinski definition) is 1. The van der Waals surface area contributed by atoms with Crippen LogP contribution in [0.1, 0.15) is 26.2 Å². The maximum absolute atomic E-state index is 12.1. The van der Waals surface area contributed by atoms with Crippen molar-refractivity contribution in [3.63, 3.8) is 0 Å². The number of hydrogen-bond acceptors (Lipinski definition) is 5. The Morgan fingerprint density at radius 3 is 2.50 bits per heavy atom. The molecular formula is C21H32N4O3. The van der Waals surface area contributed by atoms with Crippen molar-refractivity contribution in [2.75, 3.05) is 57.3 Å². The molecule has 0 radical (unpaired) electrons. The van der Waals surface area contributed by atoms with E-state index in [1.54, 1.807) is 0 Å². The lowest BCUT2D eigenvalue weighted by Gasteiger charge is -2.38. The van der Waals surface area contributed by atoms with Gasteiger partial charge in [-0.25, -0.2) is 4.79 Å². The van der Waals surface area contributed by atoms with Gasteiger partial charge in [0.05, 0.1) is 6.54 Å². The van der Waals surface area contributed by atoms with E-state index in [1.165, 1.54) is 5.69 Å². The monoisotopic (exact) mass is 388 g/mol. The van der Waals surface area contributed by atoms with E-state index < -0.39 is 0 Å². The zero-order valence-electron chi connectivity index (χ0n) is 16.8. The molecule has 2 aliphatic heterocycles. The summed E-state index contributed by atoms with van der Waals surface area (Å²) in [5.74, 6) is 0.163. The highest BCUT2D eigenvalue weighted by molar-refractivity contribution is 5.78. The Morgan fingerprint density at radius 2 is 1.86 bits per heavy atom. The molecule has 2 aliphatic rings. The Hall–Kier alpha value is -2.28. The highest BCUT2D eigenvalue weighted by atomic mass is 16.6. The molecule has 2 saturated heterocycles. The molecule has 154 valence electrons. The standard InChI is InChI=1S/C21H32N4O3/c1-2-10-22-21(27)28-19(17-25-11-6-9-20(25)26)16-23-12-14-24(15-13-23)18-7-4-3-5-8-18/h3-5,7-8,19H,2,6,9-17H2,1H3,(H,22,27). The van der Waals surface area contributed by atoms with Gasteiger partial charge >= 0.3 is 6.09 Å². The third kappa shape index (κ3) is 5.86. The van der Waals surface area contributed by atoms with Crippen molar-refractivity contribution in [3.05, 3.63) is 30.3 Å². The first-order valence-electron chi connectivity index (χ1n) is 10.4. The highest BCUT2D eigenvalue weighted by Gasteiger charge is 2.28. The number of piperazine rings is 1. The molecule has 0 aliphatic carbocycles. The van der Waals surface area contributed by atoms with Crippen LogP contribution in [0.15, 0.2) is 30.3 Å². The van der Waals surface area contributed by atoms with Gasteiger partial charge in [0, 0.05) is 57.9 Å². The fraction of sp³-hybridized carbons (Fsp3) is 0.619. The van der Waals surface area contributed by atoms with Crippen LogP contribution in [0, 0.1) is 0 Å².